The van der Waals surface area contributed by atoms with Crippen molar-refractivity contribution in [3.05, 3.63) is 40.6 Å². The molecule has 0 amide bonds. The van der Waals surface area contributed by atoms with Gasteiger partial charge in [0.2, 0.25) is 0 Å². The zero-order valence-electron chi connectivity index (χ0n) is 9.68. The molecule has 0 radical (unpaired) electrons. The highest BCUT2D eigenvalue weighted by atomic mass is 79.9. The molecule has 1 heterocycles. The van der Waals surface area contributed by atoms with Crippen molar-refractivity contribution in [1.29, 1.82) is 0 Å². The van der Waals surface area contributed by atoms with E-state index in [1.54, 1.807) is 18.0 Å². The fourth-order valence-corrected chi connectivity index (χ4v) is 1.88. The Morgan fingerprint density at radius 2 is 1.88 bits per heavy atom. The second-order valence-corrected chi connectivity index (χ2v) is 4.38. The molecule has 0 unspecified atom stereocenters. The van der Waals surface area contributed by atoms with Crippen LogP contribution >= 0.6 is 15.9 Å². The summed E-state index contributed by atoms with van der Waals surface area (Å²) in [7, 11) is 3.53. The predicted octanol–water partition coefficient (Wildman–Crippen LogP) is 2.77. The zero-order chi connectivity index (χ0) is 12.3. The highest BCUT2D eigenvalue weighted by Crippen LogP contribution is 2.20. The smallest absolute Gasteiger partial charge is 0.131 e. The van der Waals surface area contributed by atoms with Crippen molar-refractivity contribution in [1.82, 2.24) is 9.78 Å². The number of nitrogens with zero attached hydrogens (tertiary/aromatic N) is 2. The molecule has 90 valence electrons. The molecule has 0 bridgehead atoms. The molecular formula is C12H13BrN2O2. The Balaban J connectivity index is 2.02. The van der Waals surface area contributed by atoms with Crippen LogP contribution in [0, 0.1) is 0 Å². The molecule has 0 saturated carbocycles. The van der Waals surface area contributed by atoms with Crippen LogP contribution in [0.15, 0.2) is 34.9 Å². The van der Waals surface area contributed by atoms with E-state index in [2.05, 4.69) is 21.0 Å². The first kappa shape index (κ1) is 12.0. The van der Waals surface area contributed by atoms with Gasteiger partial charge in [-0.25, -0.2) is 0 Å². The number of ether oxygens (including phenoxy) is 2. The molecule has 0 atom stereocenters. The van der Waals surface area contributed by atoms with Crippen LogP contribution in [0.2, 0.25) is 0 Å². The summed E-state index contributed by atoms with van der Waals surface area (Å²) in [6.45, 7) is 0.476. The Labute approximate surface area is 108 Å². The molecule has 1 aromatic carbocycles. The third-order valence-electron chi connectivity index (χ3n) is 2.45. The van der Waals surface area contributed by atoms with E-state index in [-0.39, 0.29) is 0 Å². The summed E-state index contributed by atoms with van der Waals surface area (Å²) in [6.07, 6.45) is 1.76. The van der Waals surface area contributed by atoms with Gasteiger partial charge in [-0.15, -0.1) is 0 Å². The average Bonchev–Trinajstić information content (AvgIpc) is 2.67. The van der Waals surface area contributed by atoms with Gasteiger partial charge < -0.3 is 9.47 Å². The van der Waals surface area contributed by atoms with Gasteiger partial charge >= 0.3 is 0 Å². The summed E-state index contributed by atoms with van der Waals surface area (Å²) in [6, 6.07) is 7.49. The van der Waals surface area contributed by atoms with E-state index in [0.717, 1.165) is 21.7 Å². The van der Waals surface area contributed by atoms with E-state index in [1.165, 1.54) is 0 Å². The van der Waals surface area contributed by atoms with Crippen molar-refractivity contribution in [2.75, 3.05) is 7.11 Å². The maximum atomic E-state index is 5.67. The summed E-state index contributed by atoms with van der Waals surface area (Å²) >= 11 is 3.43. The number of benzene rings is 1. The highest BCUT2D eigenvalue weighted by molar-refractivity contribution is 9.10. The molecule has 2 aromatic rings. The van der Waals surface area contributed by atoms with Gasteiger partial charge in [0, 0.05) is 7.05 Å². The molecule has 0 fully saturated rings. The first-order chi connectivity index (χ1) is 8.20. The third kappa shape index (κ3) is 2.79. The lowest BCUT2D eigenvalue weighted by atomic mass is 10.3. The van der Waals surface area contributed by atoms with E-state index in [0.29, 0.717) is 6.61 Å². The van der Waals surface area contributed by atoms with Crippen LogP contribution in [-0.2, 0) is 13.7 Å². The van der Waals surface area contributed by atoms with E-state index >= 15 is 0 Å². The number of methoxy groups -OCH3 is 1. The van der Waals surface area contributed by atoms with Crippen LogP contribution < -0.4 is 9.47 Å². The minimum atomic E-state index is 0.476. The van der Waals surface area contributed by atoms with E-state index in [9.17, 15) is 0 Å². The molecule has 0 aliphatic carbocycles. The Hall–Kier alpha value is -1.49. The highest BCUT2D eigenvalue weighted by Gasteiger charge is 2.06. The lowest BCUT2D eigenvalue weighted by Crippen LogP contribution is -2.03. The molecule has 17 heavy (non-hydrogen) atoms. The second kappa shape index (κ2) is 5.23. The van der Waals surface area contributed by atoms with Crippen molar-refractivity contribution >= 4 is 15.9 Å². The summed E-state index contributed by atoms with van der Waals surface area (Å²) in [5.74, 6) is 1.62. The van der Waals surface area contributed by atoms with Gasteiger partial charge in [0.1, 0.15) is 18.1 Å². The number of aryl methyl sites for hydroxylation is 1. The molecule has 2 rings (SSSR count). The van der Waals surface area contributed by atoms with Crippen LogP contribution in [0.3, 0.4) is 0 Å². The van der Waals surface area contributed by atoms with E-state index in [1.807, 2.05) is 31.3 Å². The van der Waals surface area contributed by atoms with Crippen LogP contribution in [0.1, 0.15) is 5.69 Å². The number of hydrogen-bond acceptors (Lipinski definition) is 3. The van der Waals surface area contributed by atoms with Gasteiger partial charge in [0.05, 0.1) is 23.5 Å². The quantitative estimate of drug-likeness (QED) is 0.870. The molecule has 0 spiro atoms. The molecule has 0 saturated heterocycles. The Morgan fingerprint density at radius 3 is 2.41 bits per heavy atom. The van der Waals surface area contributed by atoms with Crippen LogP contribution in [-0.4, -0.2) is 16.9 Å². The fourth-order valence-electron chi connectivity index (χ4n) is 1.42. The van der Waals surface area contributed by atoms with Gasteiger partial charge in [-0.1, -0.05) is 0 Å². The largest absolute Gasteiger partial charge is 0.497 e. The van der Waals surface area contributed by atoms with Gasteiger partial charge in [0.25, 0.3) is 0 Å². The Kier molecular flexibility index (Phi) is 3.68. The number of rotatable bonds is 4. The summed E-state index contributed by atoms with van der Waals surface area (Å²) < 4.78 is 13.5. The fraction of sp³-hybridized carbons (Fsp3) is 0.250. The summed E-state index contributed by atoms with van der Waals surface area (Å²) in [5, 5.41) is 4.13. The number of halogens is 1. The molecule has 0 aliphatic heterocycles. The van der Waals surface area contributed by atoms with Gasteiger partial charge in [0.15, 0.2) is 0 Å². The van der Waals surface area contributed by atoms with Crippen LogP contribution in [0.4, 0.5) is 0 Å². The lowest BCUT2D eigenvalue weighted by Gasteiger charge is -2.07. The maximum absolute atomic E-state index is 5.67. The third-order valence-corrected chi connectivity index (χ3v) is 3.11. The van der Waals surface area contributed by atoms with Crippen molar-refractivity contribution in [3.8, 4) is 11.5 Å². The van der Waals surface area contributed by atoms with E-state index < -0.39 is 0 Å². The minimum absolute atomic E-state index is 0.476. The first-order valence-electron chi connectivity index (χ1n) is 5.14. The molecule has 5 heteroatoms. The topological polar surface area (TPSA) is 36.3 Å². The predicted molar refractivity (Wildman–Crippen MR) is 68.2 cm³/mol. The van der Waals surface area contributed by atoms with Crippen molar-refractivity contribution in [3.63, 3.8) is 0 Å². The van der Waals surface area contributed by atoms with Gasteiger partial charge in [-0.2, -0.15) is 5.10 Å². The number of hydrogen-bond donors (Lipinski definition) is 0. The van der Waals surface area contributed by atoms with E-state index in [4.69, 9.17) is 9.47 Å². The Morgan fingerprint density at radius 1 is 1.24 bits per heavy atom. The molecule has 4 nitrogen and oxygen atoms in total. The molecule has 1 aromatic heterocycles. The van der Waals surface area contributed by atoms with Crippen LogP contribution in [0.5, 0.6) is 11.5 Å². The van der Waals surface area contributed by atoms with Crippen molar-refractivity contribution in [2.24, 2.45) is 7.05 Å². The Bertz CT molecular complexity index is 474. The lowest BCUT2D eigenvalue weighted by molar-refractivity contribution is 0.293. The molecular weight excluding hydrogens is 284 g/mol. The molecule has 0 N–H and O–H groups in total. The summed E-state index contributed by atoms with van der Waals surface area (Å²) in [5.41, 5.74) is 1.00. The van der Waals surface area contributed by atoms with Gasteiger partial charge in [-0.05, 0) is 40.2 Å². The number of aromatic nitrogens is 2. The van der Waals surface area contributed by atoms with Crippen LogP contribution in [0.25, 0.3) is 0 Å². The normalized spacial score (nSPS) is 10.3. The standard InChI is InChI=1S/C12H13BrN2O2/c1-15-12(11(13)7-14-15)8-17-10-5-3-9(16-2)4-6-10/h3-7H,8H2,1-2H3. The monoisotopic (exact) mass is 296 g/mol. The zero-order valence-corrected chi connectivity index (χ0v) is 11.3. The average molecular weight is 297 g/mol. The second-order valence-electron chi connectivity index (χ2n) is 3.53. The van der Waals surface area contributed by atoms with Crippen molar-refractivity contribution in [2.45, 2.75) is 6.61 Å². The first-order valence-corrected chi connectivity index (χ1v) is 5.93. The van der Waals surface area contributed by atoms with Gasteiger partial charge in [-0.3, -0.25) is 4.68 Å². The van der Waals surface area contributed by atoms with Crippen molar-refractivity contribution < 1.29 is 9.47 Å². The maximum Gasteiger partial charge on any atom is 0.131 e. The summed E-state index contributed by atoms with van der Waals surface area (Å²) in [4.78, 5) is 0. The SMILES string of the molecule is COc1ccc(OCc2c(Br)cnn2C)cc1. The minimum Gasteiger partial charge on any atom is -0.497 e. The molecule has 0 aliphatic rings.